The molecule has 0 saturated carbocycles. The van der Waals surface area contributed by atoms with Crippen LogP contribution in [0.3, 0.4) is 0 Å². The average Bonchev–Trinajstić information content (AvgIpc) is 3.26. The molecule has 152 valence electrons. The number of nitrogens with zero attached hydrogens (tertiary/aromatic N) is 2. The third-order valence-electron chi connectivity index (χ3n) is 6.54. The molecular formula is C25H30N2O2. The number of aryl methyl sites for hydroxylation is 1. The third kappa shape index (κ3) is 4.27. The predicted molar refractivity (Wildman–Crippen MR) is 115 cm³/mol. The summed E-state index contributed by atoms with van der Waals surface area (Å²) in [7, 11) is 0. The van der Waals surface area contributed by atoms with Crippen LogP contribution >= 0.6 is 0 Å². The monoisotopic (exact) mass is 390 g/mol. The Hall–Kier alpha value is -2.46. The summed E-state index contributed by atoms with van der Waals surface area (Å²) in [6.07, 6.45) is 1.48. The molecule has 0 N–H and O–H groups in total. The van der Waals surface area contributed by atoms with E-state index in [0.717, 1.165) is 38.2 Å². The largest absolute Gasteiger partial charge is 0.335 e. The Kier molecular flexibility index (Phi) is 5.81. The van der Waals surface area contributed by atoms with Gasteiger partial charge in [-0.05, 0) is 31.4 Å². The second-order valence-corrected chi connectivity index (χ2v) is 8.60. The van der Waals surface area contributed by atoms with Crippen molar-refractivity contribution in [1.82, 2.24) is 9.80 Å². The van der Waals surface area contributed by atoms with Gasteiger partial charge in [-0.1, -0.05) is 60.2 Å². The lowest BCUT2D eigenvalue weighted by molar-refractivity contribution is -0.130. The van der Waals surface area contributed by atoms with E-state index in [9.17, 15) is 9.59 Å². The number of hydrogen-bond donors (Lipinski definition) is 0. The second kappa shape index (κ2) is 8.50. The lowest BCUT2D eigenvalue weighted by atomic mass is 9.89. The maximum Gasteiger partial charge on any atom is 0.219 e. The number of Topliss-reactive ketones (excluding diaryl/α,β-unsaturated/α-hetero) is 1. The van der Waals surface area contributed by atoms with Crippen LogP contribution in [0.4, 0.5) is 0 Å². The van der Waals surface area contributed by atoms with E-state index in [1.807, 2.05) is 37.3 Å². The summed E-state index contributed by atoms with van der Waals surface area (Å²) < 4.78 is 0. The zero-order valence-electron chi connectivity index (χ0n) is 17.4. The molecule has 0 unspecified atom stereocenters. The Balaban J connectivity index is 1.34. The van der Waals surface area contributed by atoms with Gasteiger partial charge in [-0.2, -0.15) is 0 Å². The molecule has 2 aromatic rings. The molecule has 2 heterocycles. The molecule has 2 aromatic carbocycles. The third-order valence-corrected chi connectivity index (χ3v) is 6.54. The topological polar surface area (TPSA) is 40.6 Å². The van der Waals surface area contributed by atoms with Crippen LogP contribution in [0, 0.1) is 18.8 Å². The number of likely N-dealkylation sites (tertiary alicyclic amines) is 2. The summed E-state index contributed by atoms with van der Waals surface area (Å²) in [4.78, 5) is 29.2. The maximum absolute atomic E-state index is 12.4. The van der Waals surface area contributed by atoms with Gasteiger partial charge in [-0.25, -0.2) is 0 Å². The number of rotatable bonds is 6. The summed E-state index contributed by atoms with van der Waals surface area (Å²) in [5, 5.41) is 0. The zero-order chi connectivity index (χ0) is 20.4. The molecule has 4 nitrogen and oxygen atoms in total. The number of fused-ring (bicyclic) bond motifs is 1. The standard InChI is InChI=1S/C25H30N2O2/c1-18-10-12-20(13-11-18)24(29)9-6-14-26-15-22-16-27(19(2)28)25(23(22)17-26)21-7-4-3-5-8-21/h3-5,7-8,10-13,22-23,25H,6,9,14-17H2,1-2H3/t22-,23-,25-/m1/s1. The van der Waals surface area contributed by atoms with E-state index in [0.29, 0.717) is 18.3 Å². The van der Waals surface area contributed by atoms with Gasteiger partial charge in [0.1, 0.15) is 0 Å². The average molecular weight is 391 g/mol. The molecule has 2 aliphatic rings. The molecule has 2 fully saturated rings. The summed E-state index contributed by atoms with van der Waals surface area (Å²) >= 11 is 0. The smallest absolute Gasteiger partial charge is 0.219 e. The van der Waals surface area contributed by atoms with E-state index in [1.165, 1.54) is 11.1 Å². The number of amides is 1. The minimum atomic E-state index is 0.170. The lowest BCUT2D eigenvalue weighted by Crippen LogP contribution is -2.34. The van der Waals surface area contributed by atoms with E-state index in [-0.39, 0.29) is 17.7 Å². The summed E-state index contributed by atoms with van der Waals surface area (Å²) in [5.41, 5.74) is 3.24. The molecular weight excluding hydrogens is 360 g/mol. The van der Waals surface area contributed by atoms with E-state index in [4.69, 9.17) is 0 Å². The molecule has 0 aromatic heterocycles. The van der Waals surface area contributed by atoms with Gasteiger partial charge < -0.3 is 9.80 Å². The van der Waals surface area contributed by atoms with Gasteiger partial charge in [0.2, 0.25) is 5.91 Å². The Morgan fingerprint density at radius 2 is 1.69 bits per heavy atom. The van der Waals surface area contributed by atoms with Gasteiger partial charge in [0.25, 0.3) is 0 Å². The molecule has 4 heteroatoms. The van der Waals surface area contributed by atoms with Crippen LogP contribution in [0.5, 0.6) is 0 Å². The van der Waals surface area contributed by atoms with Crippen molar-refractivity contribution in [2.75, 3.05) is 26.2 Å². The zero-order valence-corrected chi connectivity index (χ0v) is 17.4. The van der Waals surface area contributed by atoms with Crippen LogP contribution in [0.2, 0.25) is 0 Å². The highest BCUT2D eigenvalue weighted by atomic mass is 16.2. The first-order valence-electron chi connectivity index (χ1n) is 10.7. The minimum Gasteiger partial charge on any atom is -0.335 e. The van der Waals surface area contributed by atoms with Crippen molar-refractivity contribution in [1.29, 1.82) is 0 Å². The number of hydrogen-bond acceptors (Lipinski definition) is 3. The molecule has 1 amide bonds. The van der Waals surface area contributed by atoms with Crippen molar-refractivity contribution in [2.45, 2.75) is 32.7 Å². The predicted octanol–water partition coefficient (Wildman–Crippen LogP) is 4.11. The first-order chi connectivity index (χ1) is 14.0. The molecule has 0 aliphatic carbocycles. The molecule has 0 radical (unpaired) electrons. The van der Waals surface area contributed by atoms with Crippen molar-refractivity contribution in [3.63, 3.8) is 0 Å². The van der Waals surface area contributed by atoms with Crippen LogP contribution in [0.15, 0.2) is 54.6 Å². The first kappa shape index (κ1) is 19.8. The van der Waals surface area contributed by atoms with Crippen LogP contribution in [0.1, 0.15) is 47.3 Å². The molecule has 4 rings (SSSR count). The minimum absolute atomic E-state index is 0.170. The molecule has 3 atom stereocenters. The Labute approximate surface area is 173 Å². The number of benzene rings is 2. The van der Waals surface area contributed by atoms with Crippen molar-refractivity contribution in [2.24, 2.45) is 11.8 Å². The van der Waals surface area contributed by atoms with Crippen LogP contribution in [0.25, 0.3) is 0 Å². The Morgan fingerprint density at radius 1 is 0.966 bits per heavy atom. The molecule has 2 saturated heterocycles. The van der Waals surface area contributed by atoms with E-state index < -0.39 is 0 Å². The van der Waals surface area contributed by atoms with Crippen molar-refractivity contribution < 1.29 is 9.59 Å². The fraction of sp³-hybridized carbons (Fsp3) is 0.440. The van der Waals surface area contributed by atoms with Gasteiger partial charge in [0, 0.05) is 44.5 Å². The normalized spacial score (nSPS) is 23.9. The molecule has 0 spiro atoms. The summed E-state index contributed by atoms with van der Waals surface area (Å²) in [5.74, 6) is 1.41. The Bertz CT molecular complexity index is 862. The Morgan fingerprint density at radius 3 is 2.38 bits per heavy atom. The van der Waals surface area contributed by atoms with Gasteiger partial charge in [0.15, 0.2) is 5.78 Å². The SMILES string of the molecule is CC(=O)N1C[C@H]2CN(CCCC(=O)c3ccc(C)cc3)C[C@H]2[C@H]1c1ccccc1. The number of ketones is 1. The highest BCUT2D eigenvalue weighted by molar-refractivity contribution is 5.96. The van der Waals surface area contributed by atoms with E-state index in [2.05, 4.69) is 34.1 Å². The van der Waals surface area contributed by atoms with Gasteiger partial charge in [-0.3, -0.25) is 9.59 Å². The molecule has 0 bridgehead atoms. The van der Waals surface area contributed by atoms with Crippen LogP contribution in [-0.2, 0) is 4.79 Å². The van der Waals surface area contributed by atoms with E-state index in [1.54, 1.807) is 6.92 Å². The molecule has 29 heavy (non-hydrogen) atoms. The second-order valence-electron chi connectivity index (χ2n) is 8.60. The van der Waals surface area contributed by atoms with Crippen molar-refractivity contribution in [3.8, 4) is 0 Å². The van der Waals surface area contributed by atoms with Crippen LogP contribution < -0.4 is 0 Å². The van der Waals surface area contributed by atoms with Crippen molar-refractivity contribution >= 4 is 11.7 Å². The maximum atomic E-state index is 12.4. The van der Waals surface area contributed by atoms with Gasteiger partial charge in [0.05, 0.1) is 6.04 Å². The highest BCUT2D eigenvalue weighted by Crippen LogP contribution is 2.44. The van der Waals surface area contributed by atoms with Gasteiger partial charge in [-0.15, -0.1) is 0 Å². The van der Waals surface area contributed by atoms with E-state index >= 15 is 0 Å². The summed E-state index contributed by atoms with van der Waals surface area (Å²) in [6.45, 7) is 7.55. The molecule has 2 aliphatic heterocycles. The first-order valence-corrected chi connectivity index (χ1v) is 10.7. The van der Waals surface area contributed by atoms with Crippen molar-refractivity contribution in [3.05, 3.63) is 71.3 Å². The lowest BCUT2D eigenvalue weighted by Gasteiger charge is -2.29. The van der Waals surface area contributed by atoms with Gasteiger partial charge >= 0.3 is 0 Å². The fourth-order valence-electron chi connectivity index (χ4n) is 5.07. The van der Waals surface area contributed by atoms with Crippen LogP contribution in [-0.4, -0.2) is 47.7 Å². The number of carbonyl (C=O) groups is 2. The quantitative estimate of drug-likeness (QED) is 0.697. The number of carbonyl (C=O) groups excluding carboxylic acids is 2. The fourth-order valence-corrected chi connectivity index (χ4v) is 5.07. The highest BCUT2D eigenvalue weighted by Gasteiger charge is 2.48. The summed E-state index contributed by atoms with van der Waals surface area (Å²) in [6, 6.07) is 18.5.